The van der Waals surface area contributed by atoms with Gasteiger partial charge in [-0.05, 0) is 41.8 Å². The average Bonchev–Trinajstić information content (AvgIpc) is 3.18. The van der Waals surface area contributed by atoms with Gasteiger partial charge in [-0.25, -0.2) is 8.42 Å². The van der Waals surface area contributed by atoms with Crippen molar-refractivity contribution in [1.82, 2.24) is 0 Å². The van der Waals surface area contributed by atoms with Crippen LogP contribution in [-0.2, 0) is 9.84 Å². The van der Waals surface area contributed by atoms with Crippen molar-refractivity contribution < 1.29 is 17.9 Å². The normalized spacial score (nSPS) is 18.7. The second-order valence-corrected chi connectivity index (χ2v) is 7.95. The van der Waals surface area contributed by atoms with Gasteiger partial charge in [-0.2, -0.15) is 0 Å². The molecule has 3 rings (SSSR count). The lowest BCUT2D eigenvalue weighted by Gasteiger charge is -2.27. The fourth-order valence-corrected chi connectivity index (χ4v) is 4.37. The fourth-order valence-electron chi connectivity index (χ4n) is 2.44. The number of sulfone groups is 1. The van der Waals surface area contributed by atoms with Crippen LogP contribution in [0, 0.1) is 0 Å². The molecule has 1 aliphatic rings. The molecule has 1 amide bonds. The van der Waals surface area contributed by atoms with E-state index in [-0.39, 0.29) is 11.7 Å². The van der Waals surface area contributed by atoms with Crippen LogP contribution in [0.3, 0.4) is 0 Å². The van der Waals surface area contributed by atoms with Crippen molar-refractivity contribution in [3.8, 4) is 5.75 Å². The molecule has 0 spiro atoms. The first-order valence-corrected chi connectivity index (χ1v) is 9.52. The average molecular weight is 349 g/mol. The Morgan fingerprint density at radius 1 is 1.26 bits per heavy atom. The van der Waals surface area contributed by atoms with Crippen LogP contribution in [-0.4, -0.2) is 33.2 Å². The summed E-state index contributed by atoms with van der Waals surface area (Å²) in [7, 11) is -1.69. The minimum absolute atomic E-state index is 0.101. The molecule has 1 aromatic carbocycles. The smallest absolute Gasteiger partial charge is 0.268 e. The van der Waals surface area contributed by atoms with E-state index in [0.717, 1.165) is 0 Å². The highest BCUT2D eigenvalue weighted by Crippen LogP contribution is 2.27. The molecule has 5 nitrogen and oxygen atoms in total. The van der Waals surface area contributed by atoms with Crippen LogP contribution < -0.4 is 9.64 Å². The molecule has 2 heterocycles. The van der Waals surface area contributed by atoms with Crippen LogP contribution in [0.15, 0.2) is 53.3 Å². The Morgan fingerprint density at radius 2 is 2.00 bits per heavy atom. The Hall–Kier alpha value is -2.12. The number of anilines is 1. The summed E-state index contributed by atoms with van der Waals surface area (Å²) in [6, 6.07) is 10.0. The van der Waals surface area contributed by atoms with Gasteiger partial charge in [-0.15, -0.1) is 11.3 Å². The van der Waals surface area contributed by atoms with E-state index in [9.17, 15) is 13.2 Å². The van der Waals surface area contributed by atoms with Gasteiger partial charge in [0.25, 0.3) is 5.91 Å². The van der Waals surface area contributed by atoms with Crippen molar-refractivity contribution in [3.05, 3.63) is 58.1 Å². The van der Waals surface area contributed by atoms with E-state index >= 15 is 0 Å². The first kappa shape index (κ1) is 15.8. The highest BCUT2D eigenvalue weighted by Gasteiger charge is 2.32. The van der Waals surface area contributed by atoms with E-state index in [1.54, 1.807) is 49.6 Å². The number of hydrogen-bond acceptors (Lipinski definition) is 5. The molecule has 1 atom stereocenters. The van der Waals surface area contributed by atoms with Crippen LogP contribution in [0.1, 0.15) is 9.67 Å². The van der Waals surface area contributed by atoms with E-state index < -0.39 is 15.9 Å². The Labute approximate surface area is 138 Å². The molecule has 0 aliphatic carbocycles. The van der Waals surface area contributed by atoms with E-state index in [0.29, 0.717) is 16.3 Å². The Balaban J connectivity index is 1.99. The molecule has 0 radical (unpaired) electrons. The number of methoxy groups -OCH3 is 1. The lowest BCUT2D eigenvalue weighted by Crippen LogP contribution is -2.40. The highest BCUT2D eigenvalue weighted by atomic mass is 32.2. The number of hydrogen-bond donors (Lipinski definition) is 0. The third kappa shape index (κ3) is 3.30. The third-order valence-corrected chi connectivity index (χ3v) is 5.78. The monoisotopic (exact) mass is 349 g/mol. The summed E-state index contributed by atoms with van der Waals surface area (Å²) in [4.78, 5) is 14.9. The molecule has 23 heavy (non-hydrogen) atoms. The maximum atomic E-state index is 12.8. The van der Waals surface area contributed by atoms with Gasteiger partial charge in [0.15, 0.2) is 9.84 Å². The molecular weight excluding hydrogens is 334 g/mol. The molecular formula is C16H15NO4S2. The number of benzene rings is 1. The van der Waals surface area contributed by atoms with E-state index in [4.69, 9.17) is 4.74 Å². The van der Waals surface area contributed by atoms with Crippen molar-refractivity contribution in [3.63, 3.8) is 0 Å². The number of thiophene rings is 1. The first-order chi connectivity index (χ1) is 11.0. The largest absolute Gasteiger partial charge is 0.497 e. The summed E-state index contributed by atoms with van der Waals surface area (Å²) in [6.45, 7) is 0. The van der Waals surface area contributed by atoms with Crippen LogP contribution in [0.2, 0.25) is 0 Å². The fraction of sp³-hybridized carbons (Fsp3) is 0.188. The van der Waals surface area contributed by atoms with Gasteiger partial charge in [0.1, 0.15) is 5.75 Å². The molecule has 0 saturated carbocycles. The van der Waals surface area contributed by atoms with Crippen molar-refractivity contribution in [2.24, 2.45) is 0 Å². The van der Waals surface area contributed by atoms with Crippen molar-refractivity contribution >= 4 is 32.8 Å². The zero-order valence-electron chi connectivity index (χ0n) is 12.4. The van der Waals surface area contributed by atoms with Gasteiger partial charge in [-0.1, -0.05) is 6.07 Å². The van der Waals surface area contributed by atoms with E-state index in [1.807, 2.05) is 5.38 Å². The third-order valence-electron chi connectivity index (χ3n) is 3.54. The highest BCUT2D eigenvalue weighted by molar-refractivity contribution is 7.94. The second-order valence-electron chi connectivity index (χ2n) is 5.08. The standard InChI is InChI=1S/C16H15NO4S2/c1-21-14-6-4-12(5-7-14)17(13-8-10-23(19,20)11-13)16(18)15-3-2-9-22-15/h2-10,13H,11H2,1H3. The Kier molecular flexibility index (Phi) is 4.23. The quantitative estimate of drug-likeness (QED) is 0.851. The van der Waals surface area contributed by atoms with Gasteiger partial charge in [0.05, 0.1) is 23.8 Å². The molecule has 0 N–H and O–H groups in total. The topological polar surface area (TPSA) is 63.7 Å². The van der Waals surface area contributed by atoms with E-state index in [1.165, 1.54) is 21.6 Å². The maximum absolute atomic E-state index is 12.8. The number of amides is 1. The van der Waals surface area contributed by atoms with Gasteiger partial charge in [0, 0.05) is 11.1 Å². The van der Waals surface area contributed by atoms with Gasteiger partial charge in [0.2, 0.25) is 0 Å². The minimum atomic E-state index is -3.26. The van der Waals surface area contributed by atoms with Gasteiger partial charge in [-0.3, -0.25) is 9.69 Å². The molecule has 0 fully saturated rings. The van der Waals surface area contributed by atoms with Crippen LogP contribution in [0.4, 0.5) is 5.69 Å². The molecule has 2 aromatic rings. The number of carbonyl (C=O) groups excluding carboxylic acids is 1. The van der Waals surface area contributed by atoms with Crippen molar-refractivity contribution in [2.75, 3.05) is 17.8 Å². The number of nitrogens with zero attached hydrogens (tertiary/aromatic N) is 1. The summed E-state index contributed by atoms with van der Waals surface area (Å²) >= 11 is 1.33. The maximum Gasteiger partial charge on any atom is 0.268 e. The van der Waals surface area contributed by atoms with Crippen LogP contribution >= 0.6 is 11.3 Å². The number of ether oxygens (including phenoxy) is 1. The van der Waals surface area contributed by atoms with E-state index in [2.05, 4.69) is 0 Å². The number of rotatable bonds is 4. The lowest BCUT2D eigenvalue weighted by atomic mass is 10.2. The molecule has 1 aliphatic heterocycles. The molecule has 1 aromatic heterocycles. The molecule has 7 heteroatoms. The predicted molar refractivity (Wildman–Crippen MR) is 90.8 cm³/mol. The Bertz CT molecular complexity index is 823. The SMILES string of the molecule is COc1ccc(N(C(=O)c2cccs2)C2C=CS(=O)(=O)C2)cc1. The summed E-state index contributed by atoms with van der Waals surface area (Å²) in [6.07, 6.45) is 1.56. The van der Waals surface area contributed by atoms with Gasteiger partial charge >= 0.3 is 0 Å². The zero-order valence-corrected chi connectivity index (χ0v) is 14.0. The molecule has 0 saturated heterocycles. The summed E-state index contributed by atoms with van der Waals surface area (Å²) in [5.74, 6) is 0.361. The predicted octanol–water partition coefficient (Wildman–Crippen LogP) is 2.71. The molecule has 120 valence electrons. The zero-order chi connectivity index (χ0) is 16.4. The van der Waals surface area contributed by atoms with Crippen LogP contribution in [0.5, 0.6) is 5.75 Å². The summed E-state index contributed by atoms with van der Waals surface area (Å²) in [5.41, 5.74) is 0.635. The minimum Gasteiger partial charge on any atom is -0.497 e. The first-order valence-electron chi connectivity index (χ1n) is 6.92. The lowest BCUT2D eigenvalue weighted by molar-refractivity contribution is 0.0987. The molecule has 0 bridgehead atoms. The van der Waals surface area contributed by atoms with Crippen molar-refractivity contribution in [1.29, 1.82) is 0 Å². The van der Waals surface area contributed by atoms with Crippen LogP contribution in [0.25, 0.3) is 0 Å². The molecule has 1 unspecified atom stereocenters. The second kappa shape index (κ2) is 6.17. The van der Waals surface area contributed by atoms with Gasteiger partial charge < -0.3 is 4.74 Å². The number of carbonyl (C=O) groups is 1. The summed E-state index contributed by atoms with van der Waals surface area (Å²) < 4.78 is 28.6. The summed E-state index contributed by atoms with van der Waals surface area (Å²) in [5, 5.41) is 3.00. The Morgan fingerprint density at radius 3 is 2.52 bits per heavy atom. The van der Waals surface area contributed by atoms with Crippen molar-refractivity contribution in [2.45, 2.75) is 6.04 Å².